The van der Waals surface area contributed by atoms with E-state index in [4.69, 9.17) is 4.74 Å². The third-order valence-corrected chi connectivity index (χ3v) is 4.07. The normalized spacial score (nSPS) is 18.2. The van der Waals surface area contributed by atoms with Gasteiger partial charge in [0.25, 0.3) is 5.91 Å². The van der Waals surface area contributed by atoms with Crippen LogP contribution in [0.25, 0.3) is 0 Å². The Morgan fingerprint density at radius 2 is 2.36 bits per heavy atom. The first-order valence-corrected chi connectivity index (χ1v) is 7.54. The van der Waals surface area contributed by atoms with E-state index in [1.165, 1.54) is 7.11 Å². The van der Waals surface area contributed by atoms with Crippen molar-refractivity contribution in [3.63, 3.8) is 0 Å². The van der Waals surface area contributed by atoms with Crippen LogP contribution >= 0.6 is 0 Å². The molecule has 3 heterocycles. The minimum atomic E-state index is -0.000685. The Labute approximate surface area is 129 Å². The van der Waals surface area contributed by atoms with Crippen LogP contribution in [0.3, 0.4) is 0 Å². The van der Waals surface area contributed by atoms with Crippen molar-refractivity contribution in [1.29, 1.82) is 0 Å². The van der Waals surface area contributed by atoms with E-state index in [9.17, 15) is 4.79 Å². The minimum absolute atomic E-state index is 0.000685. The molecule has 0 spiro atoms. The topological polar surface area (TPSA) is 71.1 Å². The largest absolute Gasteiger partial charge is 0.480 e. The highest BCUT2D eigenvalue weighted by molar-refractivity contribution is 5.96. The molecule has 1 amide bonds. The monoisotopic (exact) mass is 300 g/mol. The van der Waals surface area contributed by atoms with Gasteiger partial charge in [-0.3, -0.25) is 9.89 Å². The van der Waals surface area contributed by atoms with Crippen molar-refractivity contribution < 1.29 is 9.53 Å². The number of carbonyl (C=O) groups is 1. The van der Waals surface area contributed by atoms with E-state index in [2.05, 4.69) is 15.2 Å². The Morgan fingerprint density at radius 1 is 1.45 bits per heavy atom. The summed E-state index contributed by atoms with van der Waals surface area (Å²) in [6.45, 7) is 1.55. The van der Waals surface area contributed by atoms with Crippen molar-refractivity contribution in [3.8, 4) is 5.88 Å². The average Bonchev–Trinajstić information content (AvgIpc) is 3.07. The van der Waals surface area contributed by atoms with E-state index in [1.807, 2.05) is 11.0 Å². The Hall–Kier alpha value is -2.37. The second kappa shape index (κ2) is 6.60. The first-order valence-electron chi connectivity index (χ1n) is 7.54. The number of ether oxygens (including phenoxy) is 1. The molecule has 2 aromatic rings. The number of piperidine rings is 1. The van der Waals surface area contributed by atoms with E-state index in [0.29, 0.717) is 17.4 Å². The molecule has 1 atom stereocenters. The van der Waals surface area contributed by atoms with Crippen molar-refractivity contribution in [2.24, 2.45) is 5.92 Å². The lowest BCUT2D eigenvalue weighted by molar-refractivity contribution is 0.0668. The fourth-order valence-electron chi connectivity index (χ4n) is 3.01. The molecule has 1 unspecified atom stereocenters. The summed E-state index contributed by atoms with van der Waals surface area (Å²) in [7, 11) is 1.54. The van der Waals surface area contributed by atoms with Crippen LogP contribution in [0.5, 0.6) is 5.88 Å². The molecule has 6 nitrogen and oxygen atoms in total. The van der Waals surface area contributed by atoms with Crippen molar-refractivity contribution in [3.05, 3.63) is 41.9 Å². The lowest BCUT2D eigenvalue weighted by Crippen LogP contribution is -2.40. The van der Waals surface area contributed by atoms with Gasteiger partial charge in [0.05, 0.1) is 7.11 Å². The standard InChI is InChI=1S/C16H20N4O2/c1-22-15-14(5-2-7-17-15)16(21)20-9-3-4-12(11-20)10-13-6-8-18-19-13/h2,5-8,12H,3-4,9-11H2,1H3,(H,18,19). The number of amides is 1. The third-order valence-electron chi connectivity index (χ3n) is 4.07. The summed E-state index contributed by atoms with van der Waals surface area (Å²) < 4.78 is 5.20. The van der Waals surface area contributed by atoms with Crippen molar-refractivity contribution in [2.75, 3.05) is 20.2 Å². The summed E-state index contributed by atoms with van der Waals surface area (Å²) in [5.74, 6) is 0.850. The zero-order valence-corrected chi connectivity index (χ0v) is 12.7. The number of methoxy groups -OCH3 is 1. The van der Waals surface area contributed by atoms with E-state index in [0.717, 1.165) is 38.0 Å². The Morgan fingerprint density at radius 3 is 3.14 bits per heavy atom. The minimum Gasteiger partial charge on any atom is -0.480 e. The zero-order chi connectivity index (χ0) is 15.4. The van der Waals surface area contributed by atoms with Gasteiger partial charge < -0.3 is 9.64 Å². The Kier molecular flexibility index (Phi) is 4.37. The van der Waals surface area contributed by atoms with Gasteiger partial charge in [0, 0.05) is 31.2 Å². The van der Waals surface area contributed by atoms with Crippen molar-refractivity contribution in [1.82, 2.24) is 20.1 Å². The predicted octanol–water partition coefficient (Wildman–Crippen LogP) is 1.91. The second-order valence-electron chi connectivity index (χ2n) is 5.61. The molecule has 1 aliphatic heterocycles. The van der Waals surface area contributed by atoms with Gasteiger partial charge in [-0.15, -0.1) is 0 Å². The third kappa shape index (κ3) is 3.10. The van der Waals surface area contributed by atoms with Gasteiger partial charge in [-0.05, 0) is 43.4 Å². The van der Waals surface area contributed by atoms with Crippen LogP contribution in [-0.4, -0.2) is 46.2 Å². The quantitative estimate of drug-likeness (QED) is 0.936. The number of rotatable bonds is 4. The van der Waals surface area contributed by atoms with Crippen molar-refractivity contribution in [2.45, 2.75) is 19.3 Å². The molecule has 6 heteroatoms. The SMILES string of the molecule is COc1ncccc1C(=O)N1CCCC(Cc2ccn[nH]2)C1. The lowest BCUT2D eigenvalue weighted by atomic mass is 9.93. The lowest BCUT2D eigenvalue weighted by Gasteiger charge is -2.32. The fourth-order valence-corrected chi connectivity index (χ4v) is 3.01. The molecule has 1 aliphatic rings. The number of hydrogen-bond donors (Lipinski definition) is 1. The number of aromatic amines is 1. The molecule has 1 saturated heterocycles. The fraction of sp³-hybridized carbons (Fsp3) is 0.438. The number of nitrogens with zero attached hydrogens (tertiary/aromatic N) is 3. The molecule has 1 fully saturated rings. The van der Waals surface area contributed by atoms with Gasteiger partial charge >= 0.3 is 0 Å². The van der Waals surface area contributed by atoms with Crippen LogP contribution < -0.4 is 4.74 Å². The number of likely N-dealkylation sites (tertiary alicyclic amines) is 1. The van der Waals surface area contributed by atoms with Crippen LogP contribution in [0.1, 0.15) is 28.9 Å². The molecule has 1 N–H and O–H groups in total. The molecule has 0 bridgehead atoms. The van der Waals surface area contributed by atoms with Gasteiger partial charge in [-0.25, -0.2) is 4.98 Å². The summed E-state index contributed by atoms with van der Waals surface area (Å²) >= 11 is 0. The highest BCUT2D eigenvalue weighted by Crippen LogP contribution is 2.23. The molecular weight excluding hydrogens is 280 g/mol. The molecule has 22 heavy (non-hydrogen) atoms. The van der Waals surface area contributed by atoms with E-state index in [-0.39, 0.29) is 5.91 Å². The first-order chi connectivity index (χ1) is 10.8. The zero-order valence-electron chi connectivity index (χ0n) is 12.7. The van der Waals surface area contributed by atoms with E-state index < -0.39 is 0 Å². The molecule has 0 radical (unpaired) electrons. The average molecular weight is 300 g/mol. The smallest absolute Gasteiger partial charge is 0.259 e. The highest BCUT2D eigenvalue weighted by atomic mass is 16.5. The number of aromatic nitrogens is 3. The van der Waals surface area contributed by atoms with Gasteiger partial charge in [-0.1, -0.05) is 0 Å². The molecular formula is C16H20N4O2. The Balaban J connectivity index is 1.70. The Bertz CT molecular complexity index is 627. The molecule has 0 saturated carbocycles. The maximum absolute atomic E-state index is 12.7. The predicted molar refractivity (Wildman–Crippen MR) is 81.7 cm³/mol. The summed E-state index contributed by atoms with van der Waals surface area (Å²) in [6, 6.07) is 5.53. The number of H-pyrrole nitrogens is 1. The summed E-state index contributed by atoms with van der Waals surface area (Å²) in [5, 5.41) is 6.98. The highest BCUT2D eigenvalue weighted by Gasteiger charge is 2.26. The van der Waals surface area contributed by atoms with Gasteiger partial charge in [0.15, 0.2) is 0 Å². The van der Waals surface area contributed by atoms with Crippen LogP contribution in [0.2, 0.25) is 0 Å². The van der Waals surface area contributed by atoms with Crippen LogP contribution in [0, 0.1) is 5.92 Å². The molecule has 3 rings (SSSR count). The number of hydrogen-bond acceptors (Lipinski definition) is 4. The maximum atomic E-state index is 12.7. The van der Waals surface area contributed by atoms with Gasteiger partial charge in [0.2, 0.25) is 5.88 Å². The maximum Gasteiger partial charge on any atom is 0.259 e. The van der Waals surface area contributed by atoms with Gasteiger partial charge in [0.1, 0.15) is 5.56 Å². The van der Waals surface area contributed by atoms with Crippen LogP contribution in [-0.2, 0) is 6.42 Å². The molecule has 116 valence electrons. The van der Waals surface area contributed by atoms with Crippen LogP contribution in [0.15, 0.2) is 30.6 Å². The van der Waals surface area contributed by atoms with Crippen LogP contribution in [0.4, 0.5) is 0 Å². The summed E-state index contributed by atoms with van der Waals surface area (Å²) in [4.78, 5) is 18.7. The summed E-state index contributed by atoms with van der Waals surface area (Å²) in [6.07, 6.45) is 6.47. The van der Waals surface area contributed by atoms with E-state index >= 15 is 0 Å². The van der Waals surface area contributed by atoms with E-state index in [1.54, 1.807) is 24.5 Å². The first kappa shape index (κ1) is 14.6. The van der Waals surface area contributed by atoms with Gasteiger partial charge in [-0.2, -0.15) is 5.10 Å². The molecule has 2 aromatic heterocycles. The van der Waals surface area contributed by atoms with Crippen molar-refractivity contribution >= 4 is 5.91 Å². The number of carbonyl (C=O) groups excluding carboxylic acids is 1. The summed E-state index contributed by atoms with van der Waals surface area (Å²) in [5.41, 5.74) is 1.66. The second-order valence-corrected chi connectivity index (χ2v) is 5.61. The molecule has 0 aromatic carbocycles. The molecule has 0 aliphatic carbocycles. The number of nitrogens with one attached hydrogen (secondary N) is 1. The number of pyridine rings is 1.